The maximum atomic E-state index is 12.2. The minimum Gasteiger partial charge on any atom is -0.493 e. The predicted octanol–water partition coefficient (Wildman–Crippen LogP) is 2.88. The summed E-state index contributed by atoms with van der Waals surface area (Å²) in [5.74, 6) is 1.81. The van der Waals surface area contributed by atoms with Crippen molar-refractivity contribution in [1.29, 1.82) is 0 Å². The summed E-state index contributed by atoms with van der Waals surface area (Å²) in [7, 11) is 3.13. The van der Waals surface area contributed by atoms with E-state index in [-0.39, 0.29) is 11.6 Å². The van der Waals surface area contributed by atoms with Crippen LogP contribution in [0.4, 0.5) is 0 Å². The number of nitrogens with one attached hydrogen (secondary N) is 1. The fraction of sp³-hybridized carbons (Fsp3) is 0.176. The van der Waals surface area contributed by atoms with Crippen LogP contribution >= 0.6 is 0 Å². The highest BCUT2D eigenvalue weighted by molar-refractivity contribution is 5.92. The van der Waals surface area contributed by atoms with Crippen LogP contribution in [0.1, 0.15) is 16.1 Å². The van der Waals surface area contributed by atoms with Crippen molar-refractivity contribution in [2.45, 2.75) is 6.54 Å². The smallest absolute Gasteiger partial charge is 0.273 e. The van der Waals surface area contributed by atoms with Gasteiger partial charge in [0.05, 0.1) is 20.5 Å². The molecular formula is C17H16N2O5. The van der Waals surface area contributed by atoms with Crippen LogP contribution in [-0.2, 0) is 6.54 Å². The monoisotopic (exact) mass is 328 g/mol. The van der Waals surface area contributed by atoms with Gasteiger partial charge >= 0.3 is 0 Å². The van der Waals surface area contributed by atoms with Gasteiger partial charge in [0.25, 0.3) is 5.91 Å². The third kappa shape index (κ3) is 3.24. The standard InChI is InChI=1S/C17H16N2O5/c1-21-13-6-5-11(8-15(13)22-2)10-18-17(20)12-9-16(24-19-12)14-4-3-7-23-14/h3-9H,10H2,1-2H3,(H,18,20). The van der Waals surface area contributed by atoms with Crippen molar-refractivity contribution in [3.8, 4) is 23.0 Å². The maximum Gasteiger partial charge on any atom is 0.273 e. The quantitative estimate of drug-likeness (QED) is 0.749. The van der Waals surface area contributed by atoms with Crippen molar-refractivity contribution in [2.75, 3.05) is 14.2 Å². The fourth-order valence-corrected chi connectivity index (χ4v) is 2.18. The first-order valence-corrected chi connectivity index (χ1v) is 7.21. The third-order valence-corrected chi connectivity index (χ3v) is 3.41. The second-order valence-corrected chi connectivity index (χ2v) is 4.93. The molecule has 0 aliphatic rings. The molecule has 124 valence electrons. The molecule has 0 aliphatic heterocycles. The second-order valence-electron chi connectivity index (χ2n) is 4.93. The van der Waals surface area contributed by atoms with Crippen LogP contribution in [0.15, 0.2) is 51.6 Å². The highest BCUT2D eigenvalue weighted by Crippen LogP contribution is 2.27. The van der Waals surface area contributed by atoms with E-state index in [1.807, 2.05) is 6.07 Å². The number of amides is 1. The van der Waals surface area contributed by atoms with E-state index >= 15 is 0 Å². The Morgan fingerprint density at radius 3 is 2.67 bits per heavy atom. The fourth-order valence-electron chi connectivity index (χ4n) is 2.18. The molecule has 0 saturated heterocycles. The average molecular weight is 328 g/mol. The predicted molar refractivity (Wildman–Crippen MR) is 84.9 cm³/mol. The van der Waals surface area contributed by atoms with Gasteiger partial charge in [0.15, 0.2) is 23.0 Å². The van der Waals surface area contributed by atoms with Gasteiger partial charge in [-0.15, -0.1) is 0 Å². The van der Waals surface area contributed by atoms with Crippen LogP contribution in [0.3, 0.4) is 0 Å². The summed E-state index contributed by atoms with van der Waals surface area (Å²) in [5.41, 5.74) is 1.05. The lowest BCUT2D eigenvalue weighted by molar-refractivity contribution is 0.0942. The van der Waals surface area contributed by atoms with Gasteiger partial charge in [-0.1, -0.05) is 11.2 Å². The zero-order valence-electron chi connectivity index (χ0n) is 13.2. The number of ether oxygens (including phenoxy) is 2. The third-order valence-electron chi connectivity index (χ3n) is 3.41. The van der Waals surface area contributed by atoms with E-state index in [2.05, 4.69) is 10.5 Å². The summed E-state index contributed by atoms with van der Waals surface area (Å²) in [6.07, 6.45) is 1.52. The molecule has 0 unspecified atom stereocenters. The Morgan fingerprint density at radius 1 is 1.12 bits per heavy atom. The van der Waals surface area contributed by atoms with E-state index in [9.17, 15) is 4.79 Å². The Balaban J connectivity index is 1.65. The van der Waals surface area contributed by atoms with E-state index in [1.54, 1.807) is 38.5 Å². The Kier molecular flexibility index (Phi) is 4.51. The van der Waals surface area contributed by atoms with Crippen molar-refractivity contribution in [3.63, 3.8) is 0 Å². The molecule has 3 rings (SSSR count). The summed E-state index contributed by atoms with van der Waals surface area (Å²) in [6, 6.07) is 10.4. The highest BCUT2D eigenvalue weighted by Gasteiger charge is 2.15. The van der Waals surface area contributed by atoms with Gasteiger partial charge in [-0.25, -0.2) is 0 Å². The molecule has 0 bridgehead atoms. The molecule has 0 fully saturated rings. The molecule has 0 atom stereocenters. The Labute approximate surface area is 138 Å². The molecule has 7 nitrogen and oxygen atoms in total. The van der Waals surface area contributed by atoms with Crippen LogP contribution in [0, 0.1) is 0 Å². The number of carbonyl (C=O) groups excluding carboxylic acids is 1. The first-order valence-electron chi connectivity index (χ1n) is 7.21. The van der Waals surface area contributed by atoms with Crippen molar-refractivity contribution in [3.05, 3.63) is 53.9 Å². The van der Waals surface area contributed by atoms with E-state index in [0.717, 1.165) is 5.56 Å². The lowest BCUT2D eigenvalue weighted by atomic mass is 10.2. The number of benzene rings is 1. The van der Waals surface area contributed by atoms with Crippen LogP contribution in [0.2, 0.25) is 0 Å². The SMILES string of the molecule is COc1ccc(CNC(=O)c2cc(-c3ccco3)on2)cc1OC. The van der Waals surface area contributed by atoms with Gasteiger partial charge in [-0.2, -0.15) is 0 Å². The molecule has 0 saturated carbocycles. The maximum absolute atomic E-state index is 12.2. The molecule has 3 aromatic rings. The van der Waals surface area contributed by atoms with Crippen LogP contribution in [0.5, 0.6) is 11.5 Å². The van der Waals surface area contributed by atoms with Crippen LogP contribution in [-0.4, -0.2) is 25.3 Å². The minimum absolute atomic E-state index is 0.182. The van der Waals surface area contributed by atoms with Crippen molar-refractivity contribution in [1.82, 2.24) is 10.5 Å². The molecule has 2 heterocycles. The summed E-state index contributed by atoms with van der Waals surface area (Å²) in [6.45, 7) is 0.322. The van der Waals surface area contributed by atoms with E-state index < -0.39 is 0 Å². The highest BCUT2D eigenvalue weighted by atomic mass is 16.5. The Bertz CT molecular complexity index is 823. The average Bonchev–Trinajstić information content (AvgIpc) is 3.30. The largest absolute Gasteiger partial charge is 0.493 e. The molecule has 0 aliphatic carbocycles. The molecule has 2 aromatic heterocycles. The van der Waals surface area contributed by atoms with Crippen molar-refractivity contribution >= 4 is 5.91 Å². The molecular weight excluding hydrogens is 312 g/mol. The molecule has 1 aromatic carbocycles. The topological polar surface area (TPSA) is 86.7 Å². The molecule has 7 heteroatoms. The van der Waals surface area contributed by atoms with Gasteiger partial charge < -0.3 is 23.7 Å². The van der Waals surface area contributed by atoms with Gasteiger partial charge in [-0.05, 0) is 29.8 Å². The second kappa shape index (κ2) is 6.91. The zero-order valence-corrected chi connectivity index (χ0v) is 13.2. The number of furan rings is 1. The van der Waals surface area contributed by atoms with Gasteiger partial charge in [-0.3, -0.25) is 4.79 Å². The number of carbonyl (C=O) groups is 1. The van der Waals surface area contributed by atoms with E-state index in [4.69, 9.17) is 18.4 Å². The lowest BCUT2D eigenvalue weighted by Gasteiger charge is -2.09. The van der Waals surface area contributed by atoms with Crippen LogP contribution < -0.4 is 14.8 Å². The van der Waals surface area contributed by atoms with Gasteiger partial charge in [0, 0.05) is 12.6 Å². The van der Waals surface area contributed by atoms with E-state index in [1.165, 1.54) is 12.3 Å². The molecule has 1 amide bonds. The van der Waals surface area contributed by atoms with E-state index in [0.29, 0.717) is 29.6 Å². The Morgan fingerprint density at radius 2 is 1.96 bits per heavy atom. The van der Waals surface area contributed by atoms with Gasteiger partial charge in [0.2, 0.25) is 5.76 Å². The number of hydrogen-bond acceptors (Lipinski definition) is 6. The molecule has 24 heavy (non-hydrogen) atoms. The summed E-state index contributed by atoms with van der Waals surface area (Å²) in [4.78, 5) is 12.2. The zero-order chi connectivity index (χ0) is 16.9. The van der Waals surface area contributed by atoms with Crippen LogP contribution in [0.25, 0.3) is 11.5 Å². The van der Waals surface area contributed by atoms with Gasteiger partial charge in [0.1, 0.15) is 0 Å². The first-order chi connectivity index (χ1) is 11.7. The lowest BCUT2D eigenvalue weighted by Crippen LogP contribution is -2.23. The summed E-state index contributed by atoms with van der Waals surface area (Å²) >= 11 is 0. The number of rotatable bonds is 6. The molecule has 0 radical (unpaired) electrons. The number of hydrogen-bond donors (Lipinski definition) is 1. The number of nitrogens with zero attached hydrogens (tertiary/aromatic N) is 1. The van der Waals surface area contributed by atoms with Crippen molar-refractivity contribution in [2.24, 2.45) is 0 Å². The molecule has 0 spiro atoms. The first kappa shape index (κ1) is 15.7. The minimum atomic E-state index is -0.341. The number of methoxy groups -OCH3 is 2. The normalized spacial score (nSPS) is 10.4. The molecule has 1 N–H and O–H groups in total. The number of aromatic nitrogens is 1. The van der Waals surface area contributed by atoms with Crippen molar-refractivity contribution < 1.29 is 23.2 Å². The summed E-state index contributed by atoms with van der Waals surface area (Å²) < 4.78 is 20.7. The Hall–Kier alpha value is -3.22. The summed E-state index contributed by atoms with van der Waals surface area (Å²) in [5, 5.41) is 6.53.